The van der Waals surface area contributed by atoms with Crippen LogP contribution in [-0.2, 0) is 6.42 Å². The van der Waals surface area contributed by atoms with Crippen LogP contribution in [0.1, 0.15) is 17.3 Å². The number of rotatable bonds is 3. The van der Waals surface area contributed by atoms with Gasteiger partial charge in [0.1, 0.15) is 11.9 Å². The smallest absolute Gasteiger partial charge is 0.247 e. The van der Waals surface area contributed by atoms with Crippen molar-refractivity contribution in [2.45, 2.75) is 13.3 Å². The number of benzene rings is 2. The van der Waals surface area contributed by atoms with Gasteiger partial charge in [0.2, 0.25) is 17.7 Å². The summed E-state index contributed by atoms with van der Waals surface area (Å²) in [6.07, 6.45) is 0.215. The maximum atomic E-state index is 13.6. The van der Waals surface area contributed by atoms with Crippen LogP contribution in [0, 0.1) is 12.7 Å². The summed E-state index contributed by atoms with van der Waals surface area (Å²) in [5.74, 6) is 0.729. The average Bonchev–Trinajstić information content (AvgIpc) is 3.15. The van der Waals surface area contributed by atoms with Crippen molar-refractivity contribution >= 4 is 11.1 Å². The van der Waals surface area contributed by atoms with Crippen molar-refractivity contribution < 1.29 is 13.2 Å². The van der Waals surface area contributed by atoms with Crippen LogP contribution < -0.4 is 0 Å². The van der Waals surface area contributed by atoms with Crippen molar-refractivity contribution in [2.75, 3.05) is 0 Å². The first-order chi connectivity index (χ1) is 11.2. The number of oxazole rings is 1. The lowest BCUT2D eigenvalue weighted by atomic mass is 10.1. The number of hydrogen-bond donors (Lipinski definition) is 0. The Bertz CT molecular complexity index is 990. The molecule has 114 valence electrons. The van der Waals surface area contributed by atoms with E-state index < -0.39 is 5.82 Å². The number of hydrogen-bond acceptors (Lipinski definition) is 5. The standard InChI is InChI=1S/C17H12FN3O2/c1-10-4-2-5-11(8-10)17-21-20-15(23-17)9-14-19-16-12(18)6-3-7-13(16)22-14/h2-8H,9H2,1H3. The van der Waals surface area contributed by atoms with Gasteiger partial charge >= 0.3 is 0 Å². The first kappa shape index (κ1) is 13.6. The summed E-state index contributed by atoms with van der Waals surface area (Å²) in [5.41, 5.74) is 2.57. The summed E-state index contributed by atoms with van der Waals surface area (Å²) in [6, 6.07) is 12.4. The lowest BCUT2D eigenvalue weighted by Gasteiger charge is -1.95. The molecule has 2 heterocycles. The molecule has 0 fully saturated rings. The summed E-state index contributed by atoms with van der Waals surface area (Å²) in [6.45, 7) is 1.99. The Balaban J connectivity index is 1.63. The van der Waals surface area contributed by atoms with E-state index in [0.717, 1.165) is 11.1 Å². The topological polar surface area (TPSA) is 65.0 Å². The second-order valence-electron chi connectivity index (χ2n) is 5.24. The summed E-state index contributed by atoms with van der Waals surface area (Å²) < 4.78 is 24.8. The summed E-state index contributed by atoms with van der Waals surface area (Å²) in [4.78, 5) is 4.13. The van der Waals surface area contributed by atoms with Crippen LogP contribution in [0.15, 0.2) is 51.3 Å². The van der Waals surface area contributed by atoms with Gasteiger partial charge in [-0.2, -0.15) is 0 Å². The lowest BCUT2D eigenvalue weighted by molar-refractivity contribution is 0.476. The molecule has 4 aromatic rings. The van der Waals surface area contributed by atoms with Gasteiger partial charge in [0.15, 0.2) is 11.4 Å². The minimum atomic E-state index is -0.413. The number of halogens is 1. The molecule has 0 bridgehead atoms. The van der Waals surface area contributed by atoms with E-state index in [1.54, 1.807) is 12.1 Å². The third kappa shape index (κ3) is 2.59. The molecular weight excluding hydrogens is 297 g/mol. The number of para-hydroxylation sites is 1. The van der Waals surface area contributed by atoms with Gasteiger partial charge in [0, 0.05) is 5.56 Å². The Morgan fingerprint density at radius 3 is 2.70 bits per heavy atom. The van der Waals surface area contributed by atoms with E-state index in [1.165, 1.54) is 6.07 Å². The van der Waals surface area contributed by atoms with E-state index in [0.29, 0.717) is 23.3 Å². The highest BCUT2D eigenvalue weighted by molar-refractivity contribution is 5.73. The molecule has 23 heavy (non-hydrogen) atoms. The van der Waals surface area contributed by atoms with Crippen LogP contribution in [0.4, 0.5) is 4.39 Å². The molecule has 0 saturated heterocycles. The molecule has 2 aromatic heterocycles. The number of fused-ring (bicyclic) bond motifs is 1. The van der Waals surface area contributed by atoms with Crippen molar-refractivity contribution in [2.24, 2.45) is 0 Å². The number of nitrogens with zero attached hydrogens (tertiary/aromatic N) is 3. The lowest BCUT2D eigenvalue weighted by Crippen LogP contribution is -1.88. The Kier molecular flexibility index (Phi) is 3.15. The molecule has 6 heteroatoms. The first-order valence-corrected chi connectivity index (χ1v) is 7.12. The highest BCUT2D eigenvalue weighted by atomic mass is 19.1. The molecule has 0 aliphatic rings. The van der Waals surface area contributed by atoms with Crippen molar-refractivity contribution in [3.63, 3.8) is 0 Å². The monoisotopic (exact) mass is 309 g/mol. The van der Waals surface area contributed by atoms with Gasteiger partial charge in [-0.3, -0.25) is 0 Å². The molecule has 4 rings (SSSR count). The van der Waals surface area contributed by atoms with Crippen molar-refractivity contribution in [3.8, 4) is 11.5 Å². The molecule has 0 amide bonds. The molecule has 0 unspecified atom stereocenters. The van der Waals surface area contributed by atoms with Gasteiger partial charge in [-0.05, 0) is 31.2 Å². The summed E-state index contributed by atoms with van der Waals surface area (Å²) in [7, 11) is 0. The maximum Gasteiger partial charge on any atom is 0.247 e. The Morgan fingerprint density at radius 1 is 1.00 bits per heavy atom. The molecule has 0 N–H and O–H groups in total. The molecule has 0 aliphatic heterocycles. The minimum Gasteiger partial charge on any atom is -0.440 e. The molecule has 2 aromatic carbocycles. The van der Waals surface area contributed by atoms with Crippen molar-refractivity contribution in [3.05, 3.63) is 65.6 Å². The molecule has 5 nitrogen and oxygen atoms in total. The molecule has 0 spiro atoms. The fourth-order valence-electron chi connectivity index (χ4n) is 2.39. The number of aromatic nitrogens is 3. The largest absolute Gasteiger partial charge is 0.440 e. The molecule has 0 aliphatic carbocycles. The summed E-state index contributed by atoms with van der Waals surface area (Å²) >= 11 is 0. The third-order valence-electron chi connectivity index (χ3n) is 3.45. The zero-order valence-electron chi connectivity index (χ0n) is 12.3. The fourth-order valence-corrected chi connectivity index (χ4v) is 2.39. The maximum absolute atomic E-state index is 13.6. The Hall–Kier alpha value is -3.02. The van der Waals surface area contributed by atoms with Crippen molar-refractivity contribution in [1.29, 1.82) is 0 Å². The van der Waals surface area contributed by atoms with Gasteiger partial charge in [-0.1, -0.05) is 23.8 Å². The van der Waals surface area contributed by atoms with E-state index in [-0.39, 0.29) is 11.9 Å². The molecule has 0 atom stereocenters. The van der Waals surface area contributed by atoms with Crippen molar-refractivity contribution in [1.82, 2.24) is 15.2 Å². The molecule has 0 radical (unpaired) electrons. The van der Waals surface area contributed by atoms with E-state index in [9.17, 15) is 4.39 Å². The highest BCUT2D eigenvalue weighted by Crippen LogP contribution is 2.22. The zero-order chi connectivity index (χ0) is 15.8. The minimum absolute atomic E-state index is 0.209. The number of aryl methyl sites for hydroxylation is 1. The van der Waals surface area contributed by atoms with E-state index in [1.807, 2.05) is 31.2 Å². The van der Waals surface area contributed by atoms with Crippen LogP contribution in [0.2, 0.25) is 0 Å². The molecular formula is C17H12FN3O2. The molecule has 0 saturated carbocycles. The Morgan fingerprint density at radius 2 is 1.87 bits per heavy atom. The van der Waals surface area contributed by atoms with Gasteiger partial charge in [0.05, 0.1) is 0 Å². The first-order valence-electron chi connectivity index (χ1n) is 7.12. The van der Waals surface area contributed by atoms with Gasteiger partial charge in [-0.15, -0.1) is 10.2 Å². The van der Waals surface area contributed by atoms with E-state index in [2.05, 4.69) is 15.2 Å². The van der Waals surface area contributed by atoms with Gasteiger partial charge in [-0.25, -0.2) is 9.37 Å². The third-order valence-corrected chi connectivity index (χ3v) is 3.45. The van der Waals surface area contributed by atoms with Crippen LogP contribution in [0.25, 0.3) is 22.6 Å². The van der Waals surface area contributed by atoms with E-state index in [4.69, 9.17) is 8.83 Å². The Labute approximate surface area is 130 Å². The highest BCUT2D eigenvalue weighted by Gasteiger charge is 2.14. The fraction of sp³-hybridized carbons (Fsp3) is 0.118. The average molecular weight is 309 g/mol. The summed E-state index contributed by atoms with van der Waals surface area (Å²) in [5, 5.41) is 8.03. The predicted molar refractivity (Wildman–Crippen MR) is 81.2 cm³/mol. The second kappa shape index (κ2) is 5.31. The van der Waals surface area contributed by atoms with Gasteiger partial charge < -0.3 is 8.83 Å². The quantitative estimate of drug-likeness (QED) is 0.574. The van der Waals surface area contributed by atoms with Crippen LogP contribution in [0.3, 0.4) is 0 Å². The van der Waals surface area contributed by atoms with E-state index >= 15 is 0 Å². The normalized spacial score (nSPS) is 11.2. The van der Waals surface area contributed by atoms with Gasteiger partial charge in [0.25, 0.3) is 0 Å². The van der Waals surface area contributed by atoms with Crippen LogP contribution in [0.5, 0.6) is 0 Å². The predicted octanol–water partition coefficient (Wildman–Crippen LogP) is 3.92. The van der Waals surface area contributed by atoms with Crippen LogP contribution in [-0.4, -0.2) is 15.2 Å². The zero-order valence-corrected chi connectivity index (χ0v) is 12.3. The second-order valence-corrected chi connectivity index (χ2v) is 5.24. The van der Waals surface area contributed by atoms with Crippen LogP contribution >= 0.6 is 0 Å². The SMILES string of the molecule is Cc1cccc(-c2nnc(Cc3nc4c(F)cccc4o3)o2)c1.